The van der Waals surface area contributed by atoms with Crippen molar-refractivity contribution in [1.82, 2.24) is 4.98 Å². The third-order valence-electron chi connectivity index (χ3n) is 3.17. The third-order valence-corrected chi connectivity index (χ3v) is 3.17. The summed E-state index contributed by atoms with van der Waals surface area (Å²) in [6.07, 6.45) is 0. The summed E-state index contributed by atoms with van der Waals surface area (Å²) in [6.45, 7) is 1.44. The molecule has 21 heavy (non-hydrogen) atoms. The molecule has 3 aromatic rings. The van der Waals surface area contributed by atoms with E-state index in [1.807, 2.05) is 30.3 Å². The number of halogens is 1. The molecule has 3 rings (SSSR count). The van der Waals surface area contributed by atoms with Crippen molar-refractivity contribution in [3.63, 3.8) is 0 Å². The maximum atomic E-state index is 13.1. The summed E-state index contributed by atoms with van der Waals surface area (Å²) in [5, 5.41) is 3.70. The Morgan fingerprint density at radius 1 is 1.10 bits per heavy atom. The van der Waals surface area contributed by atoms with E-state index in [2.05, 4.69) is 10.3 Å². The Kier molecular flexibility index (Phi) is 3.36. The first-order chi connectivity index (χ1) is 10.1. The van der Waals surface area contributed by atoms with Crippen LogP contribution in [0.2, 0.25) is 0 Å². The number of carbonyl (C=O) groups excluding carboxylic acids is 1. The van der Waals surface area contributed by atoms with Crippen molar-refractivity contribution in [2.45, 2.75) is 6.92 Å². The van der Waals surface area contributed by atoms with Gasteiger partial charge in [0.2, 0.25) is 5.91 Å². The molecule has 0 aliphatic carbocycles. The van der Waals surface area contributed by atoms with Gasteiger partial charge in [-0.3, -0.25) is 4.79 Å². The number of benzene rings is 2. The molecule has 0 fully saturated rings. The van der Waals surface area contributed by atoms with E-state index < -0.39 is 0 Å². The lowest BCUT2D eigenvalue weighted by atomic mass is 10.0. The number of rotatable bonds is 2. The molecule has 0 saturated carbocycles. The molecule has 0 aliphatic heterocycles. The smallest absolute Gasteiger partial charge is 0.222 e. The Morgan fingerprint density at radius 3 is 2.52 bits per heavy atom. The van der Waals surface area contributed by atoms with Gasteiger partial charge in [0.15, 0.2) is 0 Å². The maximum absolute atomic E-state index is 13.1. The third kappa shape index (κ3) is 2.74. The van der Waals surface area contributed by atoms with Crippen LogP contribution < -0.4 is 5.32 Å². The molecule has 0 saturated heterocycles. The van der Waals surface area contributed by atoms with Crippen LogP contribution >= 0.6 is 0 Å². The van der Waals surface area contributed by atoms with E-state index in [0.29, 0.717) is 5.82 Å². The first-order valence-corrected chi connectivity index (χ1v) is 6.57. The zero-order valence-electron chi connectivity index (χ0n) is 11.4. The summed E-state index contributed by atoms with van der Waals surface area (Å²) in [4.78, 5) is 15.9. The van der Waals surface area contributed by atoms with Crippen LogP contribution in [0.3, 0.4) is 0 Å². The van der Waals surface area contributed by atoms with Crippen molar-refractivity contribution < 1.29 is 9.18 Å². The van der Waals surface area contributed by atoms with Crippen LogP contribution in [0.4, 0.5) is 10.2 Å². The summed E-state index contributed by atoms with van der Waals surface area (Å²) in [7, 11) is 0. The largest absolute Gasteiger partial charge is 0.310 e. The molecular formula is C17H13FN2O. The molecule has 1 heterocycles. The van der Waals surface area contributed by atoms with Crippen molar-refractivity contribution in [1.29, 1.82) is 0 Å². The van der Waals surface area contributed by atoms with Gasteiger partial charge in [0.05, 0.1) is 5.52 Å². The quantitative estimate of drug-likeness (QED) is 0.771. The predicted molar refractivity (Wildman–Crippen MR) is 81.4 cm³/mol. The number of carbonyl (C=O) groups is 1. The number of hydrogen-bond acceptors (Lipinski definition) is 2. The number of fused-ring (bicyclic) bond motifs is 1. The van der Waals surface area contributed by atoms with Crippen molar-refractivity contribution in [2.75, 3.05) is 5.32 Å². The summed E-state index contributed by atoms with van der Waals surface area (Å²) in [5.74, 6) is -0.0115. The van der Waals surface area contributed by atoms with E-state index >= 15 is 0 Å². The molecule has 3 nitrogen and oxygen atoms in total. The number of para-hydroxylation sites is 1. The Balaban J connectivity index is 2.22. The molecule has 0 unspecified atom stereocenters. The summed E-state index contributed by atoms with van der Waals surface area (Å²) < 4.78 is 13.1. The van der Waals surface area contributed by atoms with Crippen LogP contribution in [0, 0.1) is 5.82 Å². The lowest BCUT2D eigenvalue weighted by molar-refractivity contribution is -0.114. The summed E-state index contributed by atoms with van der Waals surface area (Å²) >= 11 is 0. The highest BCUT2D eigenvalue weighted by molar-refractivity contribution is 5.96. The van der Waals surface area contributed by atoms with Gasteiger partial charge < -0.3 is 5.32 Å². The lowest BCUT2D eigenvalue weighted by Crippen LogP contribution is -2.09. The first-order valence-electron chi connectivity index (χ1n) is 6.57. The number of aromatic nitrogens is 1. The van der Waals surface area contributed by atoms with E-state index in [1.165, 1.54) is 19.1 Å². The fourth-order valence-corrected chi connectivity index (χ4v) is 2.23. The van der Waals surface area contributed by atoms with Gasteiger partial charge in [-0.15, -0.1) is 0 Å². The van der Waals surface area contributed by atoms with E-state index in [-0.39, 0.29) is 11.7 Å². The van der Waals surface area contributed by atoms with E-state index in [9.17, 15) is 9.18 Å². The highest BCUT2D eigenvalue weighted by atomic mass is 19.1. The lowest BCUT2D eigenvalue weighted by Gasteiger charge is -2.11. The SMILES string of the molecule is CC(=O)Nc1nc2ccccc2cc1-c1ccc(F)cc1. The fourth-order valence-electron chi connectivity index (χ4n) is 2.23. The van der Waals surface area contributed by atoms with Gasteiger partial charge in [-0.2, -0.15) is 0 Å². The van der Waals surface area contributed by atoms with Gasteiger partial charge in [-0.25, -0.2) is 9.37 Å². The van der Waals surface area contributed by atoms with Crippen LogP contribution in [-0.4, -0.2) is 10.9 Å². The van der Waals surface area contributed by atoms with E-state index in [1.54, 1.807) is 12.1 Å². The topological polar surface area (TPSA) is 42.0 Å². The Hall–Kier alpha value is -2.75. The van der Waals surface area contributed by atoms with Gasteiger partial charge in [-0.1, -0.05) is 30.3 Å². The second kappa shape index (κ2) is 5.32. The normalized spacial score (nSPS) is 10.6. The van der Waals surface area contributed by atoms with Gasteiger partial charge in [0.25, 0.3) is 0 Å². The minimum Gasteiger partial charge on any atom is -0.310 e. The average molecular weight is 280 g/mol. The predicted octanol–water partition coefficient (Wildman–Crippen LogP) is 4.00. The number of anilines is 1. The van der Waals surface area contributed by atoms with Crippen molar-refractivity contribution in [2.24, 2.45) is 0 Å². The van der Waals surface area contributed by atoms with Gasteiger partial charge in [0, 0.05) is 17.9 Å². The molecule has 104 valence electrons. The Labute approximate surface area is 121 Å². The molecule has 1 N–H and O–H groups in total. The molecule has 1 aromatic heterocycles. The minimum atomic E-state index is -0.298. The Morgan fingerprint density at radius 2 is 1.81 bits per heavy atom. The van der Waals surface area contributed by atoms with Crippen molar-refractivity contribution in [3.8, 4) is 11.1 Å². The monoisotopic (exact) mass is 280 g/mol. The van der Waals surface area contributed by atoms with Crippen LogP contribution in [0.1, 0.15) is 6.92 Å². The molecule has 0 atom stereocenters. The number of hydrogen-bond donors (Lipinski definition) is 1. The number of amides is 1. The second-order valence-corrected chi connectivity index (χ2v) is 4.77. The molecule has 4 heteroatoms. The van der Waals surface area contributed by atoms with E-state index in [0.717, 1.165) is 22.0 Å². The molecule has 0 aliphatic rings. The Bertz CT molecular complexity index is 813. The standard InChI is InChI=1S/C17H13FN2O/c1-11(21)19-17-15(12-6-8-14(18)9-7-12)10-13-4-2-3-5-16(13)20-17/h2-10H,1H3,(H,19,20,21). The van der Waals surface area contributed by atoms with Crippen molar-refractivity contribution in [3.05, 3.63) is 60.4 Å². The zero-order valence-corrected chi connectivity index (χ0v) is 11.4. The number of pyridine rings is 1. The fraction of sp³-hybridized carbons (Fsp3) is 0.0588. The van der Waals surface area contributed by atoms with Gasteiger partial charge in [0.1, 0.15) is 11.6 Å². The summed E-state index contributed by atoms with van der Waals surface area (Å²) in [5.41, 5.74) is 2.37. The van der Waals surface area contributed by atoms with E-state index in [4.69, 9.17) is 0 Å². The van der Waals surface area contributed by atoms with Gasteiger partial charge >= 0.3 is 0 Å². The number of nitrogens with one attached hydrogen (secondary N) is 1. The molecule has 0 bridgehead atoms. The zero-order chi connectivity index (χ0) is 14.8. The van der Waals surface area contributed by atoms with Crippen LogP contribution in [-0.2, 0) is 4.79 Å². The molecular weight excluding hydrogens is 267 g/mol. The molecule has 0 spiro atoms. The summed E-state index contributed by atoms with van der Waals surface area (Å²) in [6, 6.07) is 15.7. The highest BCUT2D eigenvalue weighted by Gasteiger charge is 2.10. The molecule has 0 radical (unpaired) electrons. The molecule has 1 amide bonds. The van der Waals surface area contributed by atoms with Crippen LogP contribution in [0.5, 0.6) is 0 Å². The number of nitrogens with zero attached hydrogens (tertiary/aromatic N) is 1. The molecule has 2 aromatic carbocycles. The van der Waals surface area contributed by atoms with Crippen LogP contribution in [0.15, 0.2) is 54.6 Å². The second-order valence-electron chi connectivity index (χ2n) is 4.77. The van der Waals surface area contributed by atoms with Crippen molar-refractivity contribution >= 4 is 22.6 Å². The van der Waals surface area contributed by atoms with Crippen LogP contribution in [0.25, 0.3) is 22.0 Å². The maximum Gasteiger partial charge on any atom is 0.222 e. The van der Waals surface area contributed by atoms with Gasteiger partial charge in [-0.05, 0) is 29.8 Å². The first kappa shape index (κ1) is 13.2. The average Bonchev–Trinajstić information content (AvgIpc) is 2.47. The minimum absolute atomic E-state index is 0.193. The highest BCUT2D eigenvalue weighted by Crippen LogP contribution is 2.30.